The lowest BCUT2D eigenvalue weighted by Crippen LogP contribution is -2.10. The van der Waals surface area contributed by atoms with Gasteiger partial charge in [-0.1, -0.05) is 0 Å². The van der Waals surface area contributed by atoms with Crippen LogP contribution in [0.5, 0.6) is 5.75 Å². The van der Waals surface area contributed by atoms with Crippen LogP contribution in [0.1, 0.15) is 23.0 Å². The Morgan fingerprint density at radius 3 is 2.67 bits per heavy atom. The Bertz CT molecular complexity index is 654. The number of fused-ring (bicyclic) bond motifs is 1. The highest BCUT2D eigenvalue weighted by Gasteiger charge is 2.19. The number of carbonyl (C=O) groups excluding carboxylic acids is 1. The van der Waals surface area contributed by atoms with Crippen molar-refractivity contribution in [1.29, 1.82) is 0 Å². The third-order valence-corrected chi connectivity index (χ3v) is 3.58. The van der Waals surface area contributed by atoms with Crippen LogP contribution in [-0.2, 0) is 11.3 Å². The Labute approximate surface area is 137 Å². The van der Waals surface area contributed by atoms with E-state index in [4.69, 9.17) is 9.15 Å². The average Bonchev–Trinajstić information content (AvgIpc) is 2.79. The highest BCUT2D eigenvalue weighted by atomic mass is 79.9. The molecule has 0 unspecified atom stereocenters. The minimum atomic E-state index is -0.510. The Balaban J connectivity index is 0.00000220. The number of esters is 1. The average molecular weight is 379 g/mol. The zero-order valence-electron chi connectivity index (χ0n) is 12.0. The van der Waals surface area contributed by atoms with E-state index < -0.39 is 5.97 Å². The predicted octanol–water partition coefficient (Wildman–Crippen LogP) is 3.56. The molecule has 21 heavy (non-hydrogen) atoms. The summed E-state index contributed by atoms with van der Waals surface area (Å²) < 4.78 is 10.9. The van der Waals surface area contributed by atoms with Gasteiger partial charge in [0, 0.05) is 23.6 Å². The van der Waals surface area contributed by atoms with Crippen molar-refractivity contribution in [2.24, 2.45) is 0 Å². The number of nitrogens with zero attached hydrogens (tertiary/aromatic N) is 1. The second kappa shape index (κ2) is 7.15. The summed E-state index contributed by atoms with van der Waals surface area (Å²) in [6.07, 6.45) is 0. The Kier molecular flexibility index (Phi) is 6.07. The summed E-state index contributed by atoms with van der Waals surface area (Å²) in [5.74, 6) is -0.226. The smallest absolute Gasteiger partial charge is 0.374 e. The van der Waals surface area contributed by atoms with Gasteiger partial charge in [0.1, 0.15) is 11.3 Å². The van der Waals surface area contributed by atoms with E-state index in [9.17, 15) is 9.90 Å². The third kappa shape index (κ3) is 3.70. The Morgan fingerprint density at radius 2 is 2.10 bits per heavy atom. The van der Waals surface area contributed by atoms with Gasteiger partial charge >= 0.3 is 5.97 Å². The molecule has 116 valence electrons. The van der Waals surface area contributed by atoms with Crippen molar-refractivity contribution < 1.29 is 19.1 Å². The van der Waals surface area contributed by atoms with Gasteiger partial charge in [0.15, 0.2) is 0 Å². The molecule has 0 aliphatic rings. The fourth-order valence-electron chi connectivity index (χ4n) is 1.94. The highest BCUT2D eigenvalue weighted by molar-refractivity contribution is 9.10. The van der Waals surface area contributed by atoms with Crippen molar-refractivity contribution in [3.8, 4) is 5.75 Å². The molecule has 0 aliphatic carbocycles. The number of phenolic OH excluding ortho intramolecular Hbond substituents is 1. The van der Waals surface area contributed by atoms with Crippen molar-refractivity contribution in [3.63, 3.8) is 0 Å². The van der Waals surface area contributed by atoms with Gasteiger partial charge in [0.25, 0.3) is 0 Å². The molecule has 2 aromatic rings. The van der Waals surface area contributed by atoms with Crippen molar-refractivity contribution in [3.05, 3.63) is 27.9 Å². The van der Waals surface area contributed by atoms with Crippen LogP contribution in [0.2, 0.25) is 0 Å². The lowest BCUT2D eigenvalue weighted by atomic mass is 10.1. The van der Waals surface area contributed by atoms with E-state index in [1.807, 2.05) is 19.0 Å². The first-order chi connectivity index (χ1) is 9.43. The van der Waals surface area contributed by atoms with Gasteiger partial charge in [-0.05, 0) is 43.0 Å². The van der Waals surface area contributed by atoms with Gasteiger partial charge in [-0.25, -0.2) is 4.79 Å². The summed E-state index contributed by atoms with van der Waals surface area (Å²) in [7, 11) is 3.81. The number of aromatic hydroxyl groups is 1. The molecule has 0 atom stereocenters. The van der Waals surface area contributed by atoms with Crippen LogP contribution in [0.15, 0.2) is 21.0 Å². The van der Waals surface area contributed by atoms with Crippen LogP contribution in [0.4, 0.5) is 0 Å². The van der Waals surface area contributed by atoms with Crippen molar-refractivity contribution in [2.75, 3.05) is 20.7 Å². The number of furan rings is 1. The van der Waals surface area contributed by atoms with Crippen LogP contribution < -0.4 is 0 Å². The summed E-state index contributed by atoms with van der Waals surface area (Å²) in [4.78, 5) is 13.6. The van der Waals surface area contributed by atoms with Crippen molar-refractivity contribution in [1.82, 2.24) is 4.90 Å². The van der Waals surface area contributed by atoms with E-state index in [-0.39, 0.29) is 30.5 Å². The normalized spacial score (nSPS) is 10.7. The number of rotatable bonds is 4. The molecule has 1 aromatic carbocycles. The van der Waals surface area contributed by atoms with Gasteiger partial charge in [-0.3, -0.25) is 0 Å². The van der Waals surface area contributed by atoms with Gasteiger partial charge in [-0.2, -0.15) is 0 Å². The summed E-state index contributed by atoms with van der Waals surface area (Å²) >= 11 is 3.34. The largest absolute Gasteiger partial charge is 0.506 e. The zero-order chi connectivity index (χ0) is 14.9. The van der Waals surface area contributed by atoms with Crippen molar-refractivity contribution >= 4 is 45.3 Å². The molecule has 0 aliphatic heterocycles. The van der Waals surface area contributed by atoms with E-state index in [1.165, 1.54) is 0 Å². The Hall–Kier alpha value is -1.24. The maximum Gasteiger partial charge on any atom is 0.374 e. The number of carbonyl (C=O) groups is 1. The molecule has 5 nitrogen and oxygen atoms in total. The molecule has 0 saturated carbocycles. The first-order valence-electron chi connectivity index (χ1n) is 6.19. The molecule has 0 amide bonds. The van der Waals surface area contributed by atoms with Crippen LogP contribution in [-0.4, -0.2) is 36.7 Å². The molecule has 0 saturated heterocycles. The summed E-state index contributed by atoms with van der Waals surface area (Å²) in [6, 6.07) is 3.30. The lowest BCUT2D eigenvalue weighted by Gasteiger charge is -2.12. The second-order valence-electron chi connectivity index (χ2n) is 4.68. The number of hydrogen-bond acceptors (Lipinski definition) is 5. The molecular formula is C14H17BrClNO4. The van der Waals surface area contributed by atoms with Crippen LogP contribution in [0, 0.1) is 0 Å². The second-order valence-corrected chi connectivity index (χ2v) is 5.47. The minimum Gasteiger partial charge on any atom is -0.506 e. The summed E-state index contributed by atoms with van der Waals surface area (Å²) in [5.41, 5.74) is 1.26. The van der Waals surface area contributed by atoms with Gasteiger partial charge < -0.3 is 19.2 Å². The van der Waals surface area contributed by atoms with Crippen molar-refractivity contribution in [2.45, 2.75) is 13.5 Å². The lowest BCUT2D eigenvalue weighted by molar-refractivity contribution is 0.0492. The fourth-order valence-corrected chi connectivity index (χ4v) is 2.51. The maximum atomic E-state index is 11.7. The third-order valence-electron chi connectivity index (χ3n) is 2.78. The monoisotopic (exact) mass is 377 g/mol. The SMILES string of the molecule is CCOC(=O)c1cc2c(Br)c(O)c(CN(C)C)cc2o1.Cl. The number of benzene rings is 1. The Morgan fingerprint density at radius 1 is 1.43 bits per heavy atom. The molecule has 7 heteroatoms. The molecule has 0 fully saturated rings. The molecule has 2 rings (SSSR count). The van der Waals surface area contributed by atoms with Crippen LogP contribution in [0.3, 0.4) is 0 Å². The number of hydrogen-bond donors (Lipinski definition) is 1. The molecule has 0 bridgehead atoms. The first-order valence-corrected chi connectivity index (χ1v) is 6.99. The maximum absolute atomic E-state index is 11.7. The predicted molar refractivity (Wildman–Crippen MR) is 86.2 cm³/mol. The molecule has 1 N–H and O–H groups in total. The van der Waals surface area contributed by atoms with E-state index in [1.54, 1.807) is 19.1 Å². The van der Waals surface area contributed by atoms with E-state index >= 15 is 0 Å². The minimum absolute atomic E-state index is 0. The van der Waals surface area contributed by atoms with E-state index in [0.717, 1.165) is 5.56 Å². The first kappa shape index (κ1) is 17.8. The topological polar surface area (TPSA) is 62.9 Å². The highest BCUT2D eigenvalue weighted by Crippen LogP contribution is 2.37. The molecule has 0 radical (unpaired) electrons. The van der Waals surface area contributed by atoms with Crippen LogP contribution >= 0.6 is 28.3 Å². The molecular weight excluding hydrogens is 362 g/mol. The molecule has 1 heterocycles. The summed E-state index contributed by atoms with van der Waals surface area (Å²) in [5, 5.41) is 10.8. The zero-order valence-corrected chi connectivity index (χ0v) is 14.4. The number of phenols is 1. The quantitative estimate of drug-likeness (QED) is 0.824. The van der Waals surface area contributed by atoms with Gasteiger partial charge in [0.05, 0.1) is 11.1 Å². The number of ether oxygens (including phenoxy) is 1. The standard InChI is InChI=1S/C14H16BrNO4.ClH/c1-4-19-14(18)11-6-9-10(20-11)5-8(7-16(2)3)13(17)12(9)15;/h5-6,17H,4,7H2,1-3H3;1H. The van der Waals surface area contributed by atoms with Gasteiger partial charge in [0.2, 0.25) is 5.76 Å². The number of halogens is 2. The van der Waals surface area contributed by atoms with E-state index in [2.05, 4.69) is 15.9 Å². The van der Waals surface area contributed by atoms with Gasteiger partial charge in [-0.15, -0.1) is 12.4 Å². The molecule has 0 spiro atoms. The summed E-state index contributed by atoms with van der Waals surface area (Å²) in [6.45, 7) is 2.58. The molecule has 1 aromatic heterocycles. The van der Waals surface area contributed by atoms with E-state index in [0.29, 0.717) is 22.0 Å². The van der Waals surface area contributed by atoms with Crippen LogP contribution in [0.25, 0.3) is 11.0 Å². The fraction of sp³-hybridized carbons (Fsp3) is 0.357.